The summed E-state index contributed by atoms with van der Waals surface area (Å²) < 4.78 is 4.98. The quantitative estimate of drug-likeness (QED) is 0.674. The number of aryl methyl sites for hydroxylation is 2. The van der Waals surface area contributed by atoms with Crippen LogP contribution in [0.4, 0.5) is 5.82 Å². The highest BCUT2D eigenvalue weighted by Crippen LogP contribution is 2.16. The fourth-order valence-corrected chi connectivity index (χ4v) is 3.44. The number of esters is 1. The van der Waals surface area contributed by atoms with E-state index in [-0.39, 0.29) is 11.9 Å². The van der Waals surface area contributed by atoms with E-state index in [2.05, 4.69) is 41.1 Å². The molecule has 0 saturated carbocycles. The van der Waals surface area contributed by atoms with Gasteiger partial charge in [-0.25, -0.2) is 9.78 Å². The van der Waals surface area contributed by atoms with Gasteiger partial charge >= 0.3 is 5.97 Å². The maximum atomic E-state index is 12.6. The predicted octanol–water partition coefficient (Wildman–Crippen LogP) is 3.10. The van der Waals surface area contributed by atoms with E-state index in [1.54, 1.807) is 19.2 Å². The lowest BCUT2D eigenvalue weighted by atomic mass is 10.1. The number of nitrogens with zero attached hydrogens (tertiary/aromatic N) is 3. The number of benzene rings is 1. The molecule has 0 atom stereocenters. The van der Waals surface area contributed by atoms with E-state index < -0.39 is 0 Å². The summed E-state index contributed by atoms with van der Waals surface area (Å²) in [6, 6.07) is 12.1. The van der Waals surface area contributed by atoms with Gasteiger partial charge in [-0.1, -0.05) is 31.2 Å². The second kappa shape index (κ2) is 10.0. The number of pyridine rings is 1. The van der Waals surface area contributed by atoms with Crippen LogP contribution >= 0.6 is 0 Å². The number of aromatic nitrogens is 1. The van der Waals surface area contributed by atoms with Gasteiger partial charge in [-0.3, -0.25) is 4.79 Å². The summed E-state index contributed by atoms with van der Waals surface area (Å²) in [7, 11) is 0. The summed E-state index contributed by atoms with van der Waals surface area (Å²) >= 11 is 0. The number of rotatable bonds is 7. The van der Waals surface area contributed by atoms with Crippen molar-refractivity contribution in [3.63, 3.8) is 0 Å². The molecule has 1 aromatic carbocycles. The number of carbonyl (C=O) groups is 2. The fraction of sp³-hybridized carbons (Fsp3) is 0.435. The lowest BCUT2D eigenvalue weighted by Gasteiger charge is -2.35. The van der Waals surface area contributed by atoms with Gasteiger partial charge in [-0.2, -0.15) is 0 Å². The van der Waals surface area contributed by atoms with Crippen molar-refractivity contribution in [3.8, 4) is 0 Å². The largest absolute Gasteiger partial charge is 0.462 e. The first kappa shape index (κ1) is 20.8. The second-order valence-electron chi connectivity index (χ2n) is 7.16. The van der Waals surface area contributed by atoms with Crippen LogP contribution in [0.1, 0.15) is 41.8 Å². The van der Waals surface area contributed by atoms with Gasteiger partial charge in [0.05, 0.1) is 12.2 Å². The Morgan fingerprint density at radius 2 is 1.66 bits per heavy atom. The van der Waals surface area contributed by atoms with E-state index in [9.17, 15) is 9.59 Å². The second-order valence-corrected chi connectivity index (χ2v) is 7.16. The summed E-state index contributed by atoms with van der Waals surface area (Å²) in [4.78, 5) is 32.7. The third kappa shape index (κ3) is 5.56. The summed E-state index contributed by atoms with van der Waals surface area (Å²) in [5.74, 6) is 0.669. The molecule has 1 fully saturated rings. The minimum Gasteiger partial charge on any atom is -0.462 e. The van der Waals surface area contributed by atoms with Crippen molar-refractivity contribution < 1.29 is 14.3 Å². The predicted molar refractivity (Wildman–Crippen MR) is 113 cm³/mol. The van der Waals surface area contributed by atoms with Gasteiger partial charge in [0, 0.05) is 38.8 Å². The van der Waals surface area contributed by atoms with Crippen molar-refractivity contribution in [1.82, 2.24) is 9.88 Å². The number of anilines is 1. The van der Waals surface area contributed by atoms with Gasteiger partial charge in [0.25, 0.3) is 0 Å². The first-order valence-electron chi connectivity index (χ1n) is 10.3. The van der Waals surface area contributed by atoms with Crippen molar-refractivity contribution in [2.24, 2.45) is 0 Å². The molecule has 1 saturated heterocycles. The topological polar surface area (TPSA) is 62.7 Å². The highest BCUT2D eigenvalue weighted by molar-refractivity contribution is 5.89. The van der Waals surface area contributed by atoms with Crippen LogP contribution in [0.15, 0.2) is 42.6 Å². The Morgan fingerprint density at radius 1 is 0.966 bits per heavy atom. The number of amides is 1. The SMILES string of the molecule is CCOC(=O)c1ccc(N2CCN(C(=O)CCc3ccc(CC)cc3)CC2)nc1. The Kier molecular flexibility index (Phi) is 7.22. The fourth-order valence-electron chi connectivity index (χ4n) is 3.44. The molecule has 6 nitrogen and oxygen atoms in total. The van der Waals surface area contributed by atoms with Crippen LogP contribution in [0.2, 0.25) is 0 Å². The molecule has 1 aromatic heterocycles. The molecule has 0 bridgehead atoms. The summed E-state index contributed by atoms with van der Waals surface area (Å²) in [5.41, 5.74) is 2.98. The molecule has 2 aromatic rings. The molecule has 1 aliphatic heterocycles. The molecule has 0 aliphatic carbocycles. The Bertz CT molecular complexity index is 810. The van der Waals surface area contributed by atoms with Crippen LogP contribution < -0.4 is 4.90 Å². The Labute approximate surface area is 172 Å². The van der Waals surface area contributed by atoms with Gasteiger partial charge in [0.1, 0.15) is 5.82 Å². The Morgan fingerprint density at radius 3 is 2.24 bits per heavy atom. The molecule has 6 heteroatoms. The van der Waals surface area contributed by atoms with Crippen LogP contribution in [-0.2, 0) is 22.4 Å². The van der Waals surface area contributed by atoms with Gasteiger partial charge < -0.3 is 14.5 Å². The minimum absolute atomic E-state index is 0.204. The van der Waals surface area contributed by atoms with Crippen molar-refractivity contribution in [2.75, 3.05) is 37.7 Å². The number of ether oxygens (including phenoxy) is 1. The zero-order chi connectivity index (χ0) is 20.6. The first-order valence-corrected chi connectivity index (χ1v) is 10.3. The number of piperazine rings is 1. The molecule has 3 rings (SSSR count). The van der Waals surface area contributed by atoms with Gasteiger partial charge in [-0.05, 0) is 43.0 Å². The third-order valence-electron chi connectivity index (χ3n) is 5.27. The van der Waals surface area contributed by atoms with Gasteiger partial charge in [-0.15, -0.1) is 0 Å². The maximum Gasteiger partial charge on any atom is 0.339 e. The molecule has 0 unspecified atom stereocenters. The van der Waals surface area contributed by atoms with E-state index in [0.29, 0.717) is 31.7 Å². The van der Waals surface area contributed by atoms with Crippen LogP contribution in [0.5, 0.6) is 0 Å². The molecular weight excluding hydrogens is 366 g/mol. The zero-order valence-electron chi connectivity index (χ0n) is 17.3. The van der Waals surface area contributed by atoms with Gasteiger partial charge in [0.2, 0.25) is 5.91 Å². The molecular formula is C23H29N3O3. The molecule has 2 heterocycles. The van der Waals surface area contributed by atoms with Gasteiger partial charge in [0.15, 0.2) is 0 Å². The number of hydrogen-bond acceptors (Lipinski definition) is 5. The van der Waals surface area contributed by atoms with Crippen LogP contribution in [0, 0.1) is 0 Å². The third-order valence-corrected chi connectivity index (χ3v) is 5.27. The van der Waals surface area contributed by atoms with Crippen LogP contribution in [0.25, 0.3) is 0 Å². The highest BCUT2D eigenvalue weighted by Gasteiger charge is 2.22. The Hall–Kier alpha value is -2.89. The molecule has 1 amide bonds. The maximum absolute atomic E-state index is 12.6. The smallest absolute Gasteiger partial charge is 0.339 e. The van der Waals surface area contributed by atoms with Crippen molar-refractivity contribution in [2.45, 2.75) is 33.1 Å². The van der Waals surface area contributed by atoms with Crippen molar-refractivity contribution >= 4 is 17.7 Å². The minimum atomic E-state index is -0.355. The molecule has 29 heavy (non-hydrogen) atoms. The van der Waals surface area contributed by atoms with Crippen LogP contribution in [-0.4, -0.2) is 54.5 Å². The summed E-state index contributed by atoms with van der Waals surface area (Å²) in [6.07, 6.45) is 3.90. The molecule has 1 aliphatic rings. The number of hydrogen-bond donors (Lipinski definition) is 0. The summed E-state index contributed by atoms with van der Waals surface area (Å²) in [5, 5.41) is 0. The summed E-state index contributed by atoms with van der Waals surface area (Å²) in [6.45, 7) is 7.13. The van der Waals surface area contributed by atoms with E-state index in [1.807, 2.05) is 11.0 Å². The normalized spacial score (nSPS) is 14.0. The molecule has 154 valence electrons. The van der Waals surface area contributed by atoms with E-state index in [4.69, 9.17) is 4.74 Å². The van der Waals surface area contributed by atoms with E-state index in [1.165, 1.54) is 11.1 Å². The molecule has 0 N–H and O–H groups in total. The van der Waals surface area contributed by atoms with Crippen LogP contribution in [0.3, 0.4) is 0 Å². The van der Waals surface area contributed by atoms with Crippen molar-refractivity contribution in [3.05, 3.63) is 59.3 Å². The average molecular weight is 396 g/mol. The lowest BCUT2D eigenvalue weighted by Crippen LogP contribution is -2.49. The molecule has 0 radical (unpaired) electrons. The number of carbonyl (C=O) groups excluding carboxylic acids is 2. The Balaban J connectivity index is 1.46. The van der Waals surface area contributed by atoms with E-state index in [0.717, 1.165) is 31.7 Å². The zero-order valence-corrected chi connectivity index (χ0v) is 17.3. The van der Waals surface area contributed by atoms with Crippen molar-refractivity contribution in [1.29, 1.82) is 0 Å². The standard InChI is InChI=1S/C23H29N3O3/c1-3-18-5-7-19(8-6-18)9-12-22(27)26-15-13-25(14-16-26)21-11-10-20(17-24-21)23(28)29-4-2/h5-8,10-11,17H,3-4,9,12-16H2,1-2H3. The first-order chi connectivity index (χ1) is 14.1. The lowest BCUT2D eigenvalue weighted by molar-refractivity contribution is -0.131. The molecule has 0 spiro atoms. The monoisotopic (exact) mass is 395 g/mol. The van der Waals surface area contributed by atoms with E-state index >= 15 is 0 Å². The highest BCUT2D eigenvalue weighted by atomic mass is 16.5. The average Bonchev–Trinajstić information content (AvgIpc) is 2.78.